The van der Waals surface area contributed by atoms with Crippen molar-refractivity contribution in [1.29, 1.82) is 0 Å². The van der Waals surface area contributed by atoms with Crippen LogP contribution in [0.15, 0.2) is 0 Å². The van der Waals surface area contributed by atoms with Crippen LogP contribution in [0, 0.1) is 5.92 Å². The van der Waals surface area contributed by atoms with Crippen LogP contribution < -0.4 is 10.6 Å². The minimum Gasteiger partial charge on any atom is -0.394 e. The van der Waals surface area contributed by atoms with Gasteiger partial charge >= 0.3 is 0 Å². The van der Waals surface area contributed by atoms with Crippen LogP contribution in [-0.4, -0.2) is 35.6 Å². The quantitative estimate of drug-likeness (QED) is 0.602. The Morgan fingerprint density at radius 2 is 1.81 bits per heavy atom. The van der Waals surface area contributed by atoms with Crippen molar-refractivity contribution in [2.24, 2.45) is 5.92 Å². The molecule has 0 saturated heterocycles. The van der Waals surface area contributed by atoms with E-state index in [1.54, 1.807) is 0 Å². The Morgan fingerprint density at radius 3 is 2.12 bits per heavy atom. The maximum absolute atomic E-state index is 11.8. The van der Waals surface area contributed by atoms with Gasteiger partial charge in [-0.1, -0.05) is 20.8 Å². The third-order valence-corrected chi connectivity index (χ3v) is 2.37. The summed E-state index contributed by atoms with van der Waals surface area (Å²) >= 11 is 0. The van der Waals surface area contributed by atoms with Crippen LogP contribution in [0.1, 0.15) is 34.1 Å². The summed E-state index contributed by atoms with van der Waals surface area (Å²) in [7, 11) is 0. The summed E-state index contributed by atoms with van der Waals surface area (Å²) in [6, 6.07) is -0.791. The molecule has 0 aromatic carbocycles. The smallest absolute Gasteiger partial charge is 0.243 e. The van der Waals surface area contributed by atoms with E-state index in [1.807, 2.05) is 20.8 Å². The third-order valence-electron chi connectivity index (χ3n) is 2.37. The first-order valence-electron chi connectivity index (χ1n) is 5.60. The Morgan fingerprint density at radius 1 is 1.25 bits per heavy atom. The van der Waals surface area contributed by atoms with E-state index in [-0.39, 0.29) is 30.4 Å². The molecule has 0 aliphatic carbocycles. The first-order valence-corrected chi connectivity index (χ1v) is 5.60. The van der Waals surface area contributed by atoms with Crippen molar-refractivity contribution >= 4 is 11.8 Å². The molecule has 0 spiro atoms. The molecule has 0 radical (unpaired) electrons. The second-order valence-electron chi connectivity index (χ2n) is 4.22. The summed E-state index contributed by atoms with van der Waals surface area (Å²) in [5, 5.41) is 14.3. The van der Waals surface area contributed by atoms with Gasteiger partial charge in [-0.3, -0.25) is 9.59 Å². The van der Waals surface area contributed by atoms with Gasteiger partial charge in [-0.25, -0.2) is 0 Å². The number of amides is 2. The molecule has 0 saturated carbocycles. The van der Waals surface area contributed by atoms with E-state index in [0.29, 0.717) is 6.42 Å². The molecule has 94 valence electrons. The van der Waals surface area contributed by atoms with Crippen LogP contribution in [0.4, 0.5) is 0 Å². The van der Waals surface area contributed by atoms with Crippen LogP contribution in [0.25, 0.3) is 0 Å². The van der Waals surface area contributed by atoms with Gasteiger partial charge in [0.1, 0.15) is 6.04 Å². The fourth-order valence-corrected chi connectivity index (χ4v) is 1.32. The Hall–Kier alpha value is -1.10. The van der Waals surface area contributed by atoms with E-state index in [0.717, 1.165) is 0 Å². The molecule has 0 rings (SSSR count). The lowest BCUT2D eigenvalue weighted by molar-refractivity contribution is -0.129. The number of rotatable bonds is 6. The van der Waals surface area contributed by atoms with E-state index in [4.69, 9.17) is 5.11 Å². The average molecular weight is 230 g/mol. The van der Waals surface area contributed by atoms with Gasteiger partial charge in [0.15, 0.2) is 0 Å². The second-order valence-corrected chi connectivity index (χ2v) is 4.22. The van der Waals surface area contributed by atoms with E-state index >= 15 is 0 Å². The zero-order valence-electron chi connectivity index (χ0n) is 10.4. The normalized spacial score (nSPS) is 14.4. The van der Waals surface area contributed by atoms with E-state index in [2.05, 4.69) is 10.6 Å². The SMILES string of the molecule is CC[C@@H](CO)NC(=O)C(NC(C)=O)C(C)C. The first kappa shape index (κ1) is 14.9. The minimum atomic E-state index is -0.543. The predicted octanol–water partition coefficient (Wildman–Crippen LogP) is 0.0342. The molecule has 2 atom stereocenters. The number of hydrogen-bond acceptors (Lipinski definition) is 3. The molecule has 0 aromatic heterocycles. The Balaban J connectivity index is 4.43. The molecule has 0 aliphatic rings. The lowest BCUT2D eigenvalue weighted by atomic mass is 10.0. The summed E-state index contributed by atoms with van der Waals surface area (Å²) < 4.78 is 0. The first-order chi connectivity index (χ1) is 7.42. The summed E-state index contributed by atoms with van der Waals surface area (Å²) in [5.41, 5.74) is 0. The van der Waals surface area contributed by atoms with Crippen LogP contribution in [-0.2, 0) is 9.59 Å². The highest BCUT2D eigenvalue weighted by molar-refractivity contribution is 5.87. The molecule has 0 fully saturated rings. The summed E-state index contributed by atoms with van der Waals surface area (Å²) in [4.78, 5) is 22.8. The van der Waals surface area contributed by atoms with Gasteiger partial charge in [0.2, 0.25) is 11.8 Å². The molecule has 0 bridgehead atoms. The zero-order valence-corrected chi connectivity index (χ0v) is 10.4. The van der Waals surface area contributed by atoms with Crippen molar-refractivity contribution in [2.75, 3.05) is 6.61 Å². The maximum Gasteiger partial charge on any atom is 0.243 e. The second kappa shape index (κ2) is 7.22. The fourth-order valence-electron chi connectivity index (χ4n) is 1.32. The van der Waals surface area contributed by atoms with Crippen LogP contribution in [0.3, 0.4) is 0 Å². The maximum atomic E-state index is 11.8. The fraction of sp³-hybridized carbons (Fsp3) is 0.818. The standard InChI is InChI=1S/C11H22N2O3/c1-5-9(6-14)13-11(16)10(7(2)3)12-8(4)15/h7,9-10,14H,5-6H2,1-4H3,(H,12,15)(H,13,16)/t9-,10?/m0/s1. The van der Waals surface area contributed by atoms with Crippen LogP contribution >= 0.6 is 0 Å². The number of nitrogens with one attached hydrogen (secondary N) is 2. The van der Waals surface area contributed by atoms with Crippen LogP contribution in [0.2, 0.25) is 0 Å². The van der Waals surface area contributed by atoms with E-state index in [1.165, 1.54) is 6.92 Å². The third kappa shape index (κ3) is 5.11. The Labute approximate surface area is 96.6 Å². The Bertz CT molecular complexity index is 237. The van der Waals surface area contributed by atoms with E-state index in [9.17, 15) is 9.59 Å². The molecule has 2 amide bonds. The van der Waals surface area contributed by atoms with Crippen LogP contribution in [0.5, 0.6) is 0 Å². The van der Waals surface area contributed by atoms with Crippen molar-refractivity contribution in [2.45, 2.75) is 46.2 Å². The van der Waals surface area contributed by atoms with Crippen molar-refractivity contribution in [1.82, 2.24) is 10.6 Å². The molecule has 5 nitrogen and oxygen atoms in total. The molecule has 16 heavy (non-hydrogen) atoms. The molecule has 5 heteroatoms. The van der Waals surface area contributed by atoms with E-state index < -0.39 is 6.04 Å². The number of aliphatic hydroxyl groups excluding tert-OH is 1. The van der Waals surface area contributed by atoms with Crippen molar-refractivity contribution in [3.63, 3.8) is 0 Å². The van der Waals surface area contributed by atoms with Gasteiger partial charge in [0, 0.05) is 6.92 Å². The Kier molecular flexibility index (Phi) is 6.72. The van der Waals surface area contributed by atoms with Crippen molar-refractivity contribution < 1.29 is 14.7 Å². The van der Waals surface area contributed by atoms with Gasteiger partial charge in [0.05, 0.1) is 12.6 Å². The summed E-state index contributed by atoms with van der Waals surface area (Å²) in [6.45, 7) is 6.89. The van der Waals surface area contributed by atoms with Crippen molar-refractivity contribution in [3.05, 3.63) is 0 Å². The molecule has 0 heterocycles. The topological polar surface area (TPSA) is 78.4 Å². The van der Waals surface area contributed by atoms with Gasteiger partial charge in [-0.2, -0.15) is 0 Å². The molecular weight excluding hydrogens is 208 g/mol. The summed E-state index contributed by atoms with van der Waals surface area (Å²) in [6.07, 6.45) is 0.660. The van der Waals surface area contributed by atoms with Gasteiger partial charge in [-0.05, 0) is 12.3 Å². The van der Waals surface area contributed by atoms with Gasteiger partial charge in [-0.15, -0.1) is 0 Å². The zero-order chi connectivity index (χ0) is 12.7. The lowest BCUT2D eigenvalue weighted by Crippen LogP contribution is -2.52. The molecule has 3 N–H and O–H groups in total. The largest absolute Gasteiger partial charge is 0.394 e. The highest BCUT2D eigenvalue weighted by atomic mass is 16.3. The molecular formula is C11H22N2O3. The molecule has 1 unspecified atom stereocenters. The lowest BCUT2D eigenvalue weighted by Gasteiger charge is -2.23. The molecule has 0 aliphatic heterocycles. The number of aliphatic hydroxyl groups is 1. The highest BCUT2D eigenvalue weighted by Crippen LogP contribution is 2.03. The van der Waals surface area contributed by atoms with Crippen molar-refractivity contribution in [3.8, 4) is 0 Å². The molecule has 0 aromatic rings. The van der Waals surface area contributed by atoms with Gasteiger partial charge in [0.25, 0.3) is 0 Å². The summed E-state index contributed by atoms with van der Waals surface area (Å²) in [5.74, 6) is -0.461. The number of carbonyl (C=O) groups excluding carboxylic acids is 2. The predicted molar refractivity (Wildman–Crippen MR) is 61.8 cm³/mol. The average Bonchev–Trinajstić information content (AvgIpc) is 2.21. The number of hydrogen-bond donors (Lipinski definition) is 3. The monoisotopic (exact) mass is 230 g/mol. The van der Waals surface area contributed by atoms with Gasteiger partial charge < -0.3 is 15.7 Å². The minimum absolute atomic E-state index is 0.0140. The highest BCUT2D eigenvalue weighted by Gasteiger charge is 2.24. The number of carbonyl (C=O) groups is 2.